The van der Waals surface area contributed by atoms with Crippen LogP contribution in [0.25, 0.3) is 0 Å². The number of carbonyl (C=O) groups is 1. The molecule has 114 valence electrons. The monoisotopic (exact) mass is 286 g/mol. The van der Waals surface area contributed by atoms with Gasteiger partial charge in [-0.05, 0) is 24.3 Å². The lowest BCUT2D eigenvalue weighted by Gasteiger charge is -2.32. The van der Waals surface area contributed by atoms with E-state index in [2.05, 4.69) is 30.5 Å². The number of nitrogens with zero attached hydrogens (tertiary/aromatic N) is 2. The number of hydrogen-bond donors (Lipinski definition) is 0. The van der Waals surface area contributed by atoms with Crippen molar-refractivity contribution in [1.82, 2.24) is 9.80 Å². The molecule has 2 rings (SSSR count). The van der Waals surface area contributed by atoms with Crippen molar-refractivity contribution in [3.8, 4) is 0 Å². The molecule has 1 fully saturated rings. The Kier molecular flexibility index (Phi) is 6.00. The van der Waals surface area contributed by atoms with Crippen LogP contribution < -0.4 is 0 Å². The SMILES string of the molecule is C=CCN(CC(=O)N1CCC(C)CC1)Cc1ccccc1. The molecule has 0 saturated carbocycles. The molecule has 0 radical (unpaired) electrons. The van der Waals surface area contributed by atoms with Crippen LogP contribution in [-0.4, -0.2) is 41.9 Å². The van der Waals surface area contributed by atoms with Gasteiger partial charge in [0.1, 0.15) is 0 Å². The van der Waals surface area contributed by atoms with Crippen molar-refractivity contribution in [1.29, 1.82) is 0 Å². The molecule has 1 amide bonds. The van der Waals surface area contributed by atoms with Crippen molar-refractivity contribution in [3.63, 3.8) is 0 Å². The first-order valence-corrected chi connectivity index (χ1v) is 7.84. The third-order valence-corrected chi connectivity index (χ3v) is 4.13. The van der Waals surface area contributed by atoms with Gasteiger partial charge in [-0.2, -0.15) is 0 Å². The van der Waals surface area contributed by atoms with Crippen molar-refractivity contribution < 1.29 is 4.79 Å². The second kappa shape index (κ2) is 7.99. The molecule has 1 aliphatic rings. The van der Waals surface area contributed by atoms with Crippen LogP contribution in [0.15, 0.2) is 43.0 Å². The van der Waals surface area contributed by atoms with Gasteiger partial charge < -0.3 is 4.90 Å². The maximum atomic E-state index is 12.4. The Balaban J connectivity index is 1.89. The summed E-state index contributed by atoms with van der Waals surface area (Å²) in [5.41, 5.74) is 1.24. The number of benzene rings is 1. The van der Waals surface area contributed by atoms with E-state index in [4.69, 9.17) is 0 Å². The Morgan fingerprint density at radius 2 is 2.00 bits per heavy atom. The first kappa shape index (κ1) is 15.8. The van der Waals surface area contributed by atoms with E-state index in [1.165, 1.54) is 5.56 Å². The van der Waals surface area contributed by atoms with E-state index in [-0.39, 0.29) is 5.91 Å². The number of likely N-dealkylation sites (tertiary alicyclic amines) is 1. The van der Waals surface area contributed by atoms with Gasteiger partial charge in [0.2, 0.25) is 5.91 Å². The molecule has 0 N–H and O–H groups in total. The summed E-state index contributed by atoms with van der Waals surface area (Å²) < 4.78 is 0. The highest BCUT2D eigenvalue weighted by molar-refractivity contribution is 5.78. The average Bonchev–Trinajstić information content (AvgIpc) is 2.49. The maximum Gasteiger partial charge on any atom is 0.236 e. The smallest absolute Gasteiger partial charge is 0.236 e. The van der Waals surface area contributed by atoms with E-state index in [0.717, 1.165) is 44.9 Å². The van der Waals surface area contributed by atoms with Crippen molar-refractivity contribution in [2.45, 2.75) is 26.3 Å². The molecule has 1 aliphatic heterocycles. The van der Waals surface area contributed by atoms with Crippen molar-refractivity contribution in [3.05, 3.63) is 48.6 Å². The van der Waals surface area contributed by atoms with Crippen LogP contribution in [-0.2, 0) is 11.3 Å². The summed E-state index contributed by atoms with van der Waals surface area (Å²) in [6, 6.07) is 10.3. The standard InChI is InChI=1S/C18H26N2O/c1-3-11-19(14-17-7-5-4-6-8-17)15-18(21)20-12-9-16(2)10-13-20/h3-8,16H,1,9-15H2,2H3. The zero-order chi connectivity index (χ0) is 15.1. The van der Waals surface area contributed by atoms with Crippen LogP contribution in [0.1, 0.15) is 25.3 Å². The molecule has 1 saturated heterocycles. The van der Waals surface area contributed by atoms with Gasteiger partial charge in [0.15, 0.2) is 0 Å². The minimum atomic E-state index is 0.250. The van der Waals surface area contributed by atoms with Gasteiger partial charge in [0, 0.05) is 26.2 Å². The molecule has 1 heterocycles. The van der Waals surface area contributed by atoms with Crippen molar-refractivity contribution in [2.24, 2.45) is 5.92 Å². The van der Waals surface area contributed by atoms with Gasteiger partial charge in [-0.25, -0.2) is 0 Å². The van der Waals surface area contributed by atoms with Gasteiger partial charge in [-0.15, -0.1) is 6.58 Å². The van der Waals surface area contributed by atoms with E-state index >= 15 is 0 Å². The van der Waals surface area contributed by atoms with Crippen molar-refractivity contribution in [2.75, 3.05) is 26.2 Å². The fraction of sp³-hybridized carbons (Fsp3) is 0.500. The van der Waals surface area contributed by atoms with Crippen LogP contribution in [0, 0.1) is 5.92 Å². The quantitative estimate of drug-likeness (QED) is 0.751. The third kappa shape index (κ3) is 5.01. The van der Waals surface area contributed by atoms with Gasteiger partial charge >= 0.3 is 0 Å². The highest BCUT2D eigenvalue weighted by Crippen LogP contribution is 2.16. The third-order valence-electron chi connectivity index (χ3n) is 4.13. The van der Waals surface area contributed by atoms with E-state index in [9.17, 15) is 4.79 Å². The van der Waals surface area contributed by atoms with E-state index < -0.39 is 0 Å². The Morgan fingerprint density at radius 1 is 1.33 bits per heavy atom. The lowest BCUT2D eigenvalue weighted by molar-refractivity contribution is -0.133. The number of carbonyl (C=O) groups excluding carboxylic acids is 1. The number of rotatable bonds is 6. The highest BCUT2D eigenvalue weighted by Gasteiger charge is 2.21. The minimum absolute atomic E-state index is 0.250. The molecule has 21 heavy (non-hydrogen) atoms. The summed E-state index contributed by atoms with van der Waals surface area (Å²) in [6.45, 7) is 9.91. The Labute approximate surface area is 128 Å². The molecule has 0 aromatic heterocycles. The van der Waals surface area contributed by atoms with Crippen LogP contribution in [0.2, 0.25) is 0 Å². The Bertz CT molecular complexity index is 450. The molecular weight excluding hydrogens is 260 g/mol. The summed E-state index contributed by atoms with van der Waals surface area (Å²) in [5, 5.41) is 0. The normalized spacial score (nSPS) is 16.2. The summed E-state index contributed by atoms with van der Waals surface area (Å²) >= 11 is 0. The summed E-state index contributed by atoms with van der Waals surface area (Å²) in [6.07, 6.45) is 4.13. The van der Waals surface area contributed by atoms with Gasteiger partial charge in [-0.3, -0.25) is 9.69 Å². The first-order chi connectivity index (χ1) is 10.2. The molecule has 0 aliphatic carbocycles. The Hall–Kier alpha value is -1.61. The molecule has 3 nitrogen and oxygen atoms in total. The van der Waals surface area contributed by atoms with Gasteiger partial charge in [-0.1, -0.05) is 43.3 Å². The van der Waals surface area contributed by atoms with E-state index in [0.29, 0.717) is 6.54 Å². The Morgan fingerprint density at radius 3 is 2.62 bits per heavy atom. The maximum absolute atomic E-state index is 12.4. The number of hydrogen-bond acceptors (Lipinski definition) is 2. The number of piperidine rings is 1. The summed E-state index contributed by atoms with van der Waals surface area (Å²) in [5.74, 6) is 1.00. The lowest BCUT2D eigenvalue weighted by Crippen LogP contribution is -2.43. The second-order valence-corrected chi connectivity index (χ2v) is 6.01. The average molecular weight is 286 g/mol. The largest absolute Gasteiger partial charge is 0.342 e. The molecule has 1 aromatic rings. The fourth-order valence-electron chi connectivity index (χ4n) is 2.76. The predicted molar refractivity (Wildman–Crippen MR) is 86.9 cm³/mol. The van der Waals surface area contributed by atoms with Crippen molar-refractivity contribution >= 4 is 5.91 Å². The molecule has 3 heteroatoms. The predicted octanol–water partition coefficient (Wildman–Crippen LogP) is 2.93. The van der Waals surface area contributed by atoms with Crippen LogP contribution in [0.3, 0.4) is 0 Å². The van der Waals surface area contributed by atoms with Gasteiger partial charge in [0.05, 0.1) is 6.54 Å². The van der Waals surface area contributed by atoms with Crippen LogP contribution in [0.5, 0.6) is 0 Å². The first-order valence-electron chi connectivity index (χ1n) is 7.84. The molecular formula is C18H26N2O. The molecule has 0 spiro atoms. The fourth-order valence-corrected chi connectivity index (χ4v) is 2.76. The van der Waals surface area contributed by atoms with Gasteiger partial charge in [0.25, 0.3) is 0 Å². The van der Waals surface area contributed by atoms with E-state index in [1.807, 2.05) is 29.2 Å². The minimum Gasteiger partial charge on any atom is -0.342 e. The molecule has 0 bridgehead atoms. The summed E-state index contributed by atoms with van der Waals surface area (Å²) in [4.78, 5) is 16.6. The molecule has 0 atom stereocenters. The second-order valence-electron chi connectivity index (χ2n) is 6.01. The zero-order valence-electron chi connectivity index (χ0n) is 13.0. The zero-order valence-corrected chi connectivity index (χ0v) is 13.0. The number of amides is 1. The summed E-state index contributed by atoms with van der Waals surface area (Å²) in [7, 11) is 0. The molecule has 1 aromatic carbocycles. The van der Waals surface area contributed by atoms with Crippen LogP contribution >= 0.6 is 0 Å². The highest BCUT2D eigenvalue weighted by atomic mass is 16.2. The van der Waals surface area contributed by atoms with Crippen LogP contribution in [0.4, 0.5) is 0 Å². The lowest BCUT2D eigenvalue weighted by atomic mass is 9.99. The van der Waals surface area contributed by atoms with E-state index in [1.54, 1.807) is 0 Å². The molecule has 0 unspecified atom stereocenters. The topological polar surface area (TPSA) is 23.6 Å².